The molecule has 0 unspecified atom stereocenters. The second-order valence-electron chi connectivity index (χ2n) is 6.30. The van der Waals surface area contributed by atoms with Crippen LogP contribution in [0.25, 0.3) is 0 Å². The molecule has 1 N–H and O–H groups in total. The van der Waals surface area contributed by atoms with E-state index in [1.54, 1.807) is 13.2 Å². The van der Waals surface area contributed by atoms with Crippen molar-refractivity contribution in [1.29, 1.82) is 0 Å². The number of nitrogens with zero attached hydrogens (tertiary/aromatic N) is 1. The Hall–Kier alpha value is -2.02. The predicted octanol–water partition coefficient (Wildman–Crippen LogP) is 5.00. The van der Waals surface area contributed by atoms with Crippen LogP contribution < -0.4 is 10.1 Å². The van der Waals surface area contributed by atoms with Crippen LogP contribution in [0.2, 0.25) is 0 Å². The standard InChI is InChI=1S/C20H20BrF3N2O/c1-27-18-9-7-14(21)12-13(18)6-8-15-16(19-25-10-3-11-26-19)4-2-5-17(15)20(22,23)24/h2,4-5,7,9,12H,3,6,8,10-11H2,1H3,(H,25,26). The van der Waals surface area contributed by atoms with Gasteiger partial charge in [-0.05, 0) is 54.7 Å². The highest BCUT2D eigenvalue weighted by atomic mass is 79.9. The van der Waals surface area contributed by atoms with E-state index in [1.807, 2.05) is 18.2 Å². The maximum absolute atomic E-state index is 13.6. The molecular weight excluding hydrogens is 421 g/mol. The van der Waals surface area contributed by atoms with E-state index in [-0.39, 0.29) is 12.0 Å². The molecule has 2 aromatic carbocycles. The van der Waals surface area contributed by atoms with Crippen molar-refractivity contribution in [3.8, 4) is 5.75 Å². The van der Waals surface area contributed by atoms with Crippen molar-refractivity contribution in [1.82, 2.24) is 5.32 Å². The third-order valence-electron chi connectivity index (χ3n) is 4.52. The minimum absolute atomic E-state index is 0.235. The second-order valence-corrected chi connectivity index (χ2v) is 7.21. The number of amidine groups is 1. The van der Waals surface area contributed by atoms with Crippen molar-refractivity contribution in [2.45, 2.75) is 25.4 Å². The van der Waals surface area contributed by atoms with Crippen LogP contribution in [0.15, 0.2) is 45.9 Å². The van der Waals surface area contributed by atoms with Crippen molar-refractivity contribution in [3.63, 3.8) is 0 Å². The number of methoxy groups -OCH3 is 1. The van der Waals surface area contributed by atoms with E-state index < -0.39 is 11.7 Å². The summed E-state index contributed by atoms with van der Waals surface area (Å²) < 4.78 is 47.1. The summed E-state index contributed by atoms with van der Waals surface area (Å²) >= 11 is 3.41. The second kappa shape index (κ2) is 8.33. The molecule has 0 aliphatic carbocycles. The van der Waals surface area contributed by atoms with Crippen molar-refractivity contribution in [2.24, 2.45) is 4.99 Å². The van der Waals surface area contributed by atoms with Gasteiger partial charge in [-0.1, -0.05) is 28.1 Å². The van der Waals surface area contributed by atoms with Gasteiger partial charge in [0.1, 0.15) is 11.6 Å². The molecule has 144 valence electrons. The molecule has 0 atom stereocenters. The lowest BCUT2D eigenvalue weighted by molar-refractivity contribution is -0.138. The Morgan fingerprint density at radius 1 is 1.19 bits per heavy atom. The van der Waals surface area contributed by atoms with Crippen molar-refractivity contribution < 1.29 is 17.9 Å². The maximum atomic E-state index is 13.6. The lowest BCUT2D eigenvalue weighted by atomic mass is 9.93. The van der Waals surface area contributed by atoms with E-state index in [2.05, 4.69) is 26.2 Å². The molecule has 7 heteroatoms. The first-order chi connectivity index (χ1) is 12.9. The van der Waals surface area contributed by atoms with Gasteiger partial charge in [-0.25, -0.2) is 0 Å². The monoisotopic (exact) mass is 440 g/mol. The van der Waals surface area contributed by atoms with E-state index in [0.717, 1.165) is 22.5 Å². The number of hydrogen-bond donors (Lipinski definition) is 1. The lowest BCUT2D eigenvalue weighted by Crippen LogP contribution is -2.31. The van der Waals surface area contributed by atoms with Gasteiger partial charge in [-0.2, -0.15) is 13.2 Å². The predicted molar refractivity (Wildman–Crippen MR) is 104 cm³/mol. The molecule has 0 saturated carbocycles. The molecule has 0 amide bonds. The topological polar surface area (TPSA) is 33.6 Å². The number of rotatable bonds is 5. The summed E-state index contributed by atoms with van der Waals surface area (Å²) in [5.74, 6) is 1.21. The molecule has 0 saturated heterocycles. The molecular formula is C20H20BrF3N2O. The van der Waals surface area contributed by atoms with Gasteiger partial charge >= 0.3 is 6.18 Å². The number of hydrogen-bond acceptors (Lipinski definition) is 3. The smallest absolute Gasteiger partial charge is 0.416 e. The molecule has 1 heterocycles. The van der Waals surface area contributed by atoms with E-state index in [9.17, 15) is 13.2 Å². The molecule has 0 radical (unpaired) electrons. The van der Waals surface area contributed by atoms with Gasteiger partial charge < -0.3 is 10.1 Å². The largest absolute Gasteiger partial charge is 0.496 e. The van der Waals surface area contributed by atoms with Gasteiger partial charge in [0.2, 0.25) is 0 Å². The molecule has 1 aliphatic rings. The zero-order valence-electron chi connectivity index (χ0n) is 14.9. The molecule has 0 spiro atoms. The summed E-state index contributed by atoms with van der Waals surface area (Å²) in [6.45, 7) is 1.34. The number of ether oxygens (including phenoxy) is 1. The van der Waals surface area contributed by atoms with E-state index >= 15 is 0 Å². The van der Waals surface area contributed by atoms with Crippen LogP contribution in [0.4, 0.5) is 13.2 Å². The van der Waals surface area contributed by atoms with E-state index in [1.165, 1.54) is 6.07 Å². The van der Waals surface area contributed by atoms with Gasteiger partial charge in [-0.15, -0.1) is 0 Å². The molecule has 2 aromatic rings. The molecule has 27 heavy (non-hydrogen) atoms. The molecule has 0 fully saturated rings. The van der Waals surface area contributed by atoms with Gasteiger partial charge in [0, 0.05) is 23.1 Å². The van der Waals surface area contributed by atoms with Crippen molar-refractivity contribution >= 4 is 21.8 Å². The van der Waals surface area contributed by atoms with Crippen LogP contribution in [-0.2, 0) is 19.0 Å². The van der Waals surface area contributed by atoms with Crippen LogP contribution in [0.1, 0.15) is 28.7 Å². The Morgan fingerprint density at radius 3 is 2.67 bits per heavy atom. The summed E-state index contributed by atoms with van der Waals surface area (Å²) in [4.78, 5) is 4.39. The number of aliphatic imine (C=N–C) groups is 1. The Kier molecular flexibility index (Phi) is 6.09. The lowest BCUT2D eigenvalue weighted by Gasteiger charge is -2.21. The van der Waals surface area contributed by atoms with Gasteiger partial charge in [-0.3, -0.25) is 4.99 Å². The number of nitrogens with one attached hydrogen (secondary N) is 1. The van der Waals surface area contributed by atoms with Crippen LogP contribution in [0.3, 0.4) is 0 Å². The first-order valence-electron chi connectivity index (χ1n) is 8.70. The highest BCUT2D eigenvalue weighted by molar-refractivity contribution is 9.10. The Balaban J connectivity index is 2.00. The van der Waals surface area contributed by atoms with E-state index in [4.69, 9.17) is 4.74 Å². The molecule has 0 aromatic heterocycles. The zero-order valence-corrected chi connectivity index (χ0v) is 16.5. The Labute approximate surface area is 164 Å². The van der Waals surface area contributed by atoms with Gasteiger partial charge in [0.05, 0.1) is 12.7 Å². The van der Waals surface area contributed by atoms with Crippen LogP contribution in [-0.4, -0.2) is 26.0 Å². The average Bonchev–Trinajstić information content (AvgIpc) is 2.66. The number of alkyl halides is 3. The van der Waals surface area contributed by atoms with Crippen LogP contribution >= 0.6 is 15.9 Å². The van der Waals surface area contributed by atoms with Crippen molar-refractivity contribution in [3.05, 3.63) is 63.1 Å². The fourth-order valence-corrected chi connectivity index (χ4v) is 3.67. The highest BCUT2D eigenvalue weighted by Crippen LogP contribution is 2.35. The SMILES string of the molecule is COc1ccc(Br)cc1CCc1c(C2=NCCCN2)cccc1C(F)(F)F. The minimum atomic E-state index is -4.41. The third-order valence-corrected chi connectivity index (χ3v) is 5.01. The van der Waals surface area contributed by atoms with Crippen molar-refractivity contribution in [2.75, 3.05) is 20.2 Å². The first-order valence-corrected chi connectivity index (χ1v) is 9.49. The van der Waals surface area contributed by atoms with Crippen LogP contribution in [0, 0.1) is 0 Å². The Bertz CT molecular complexity index is 850. The summed E-state index contributed by atoms with van der Waals surface area (Å²) in [6, 6.07) is 9.83. The zero-order chi connectivity index (χ0) is 19.4. The summed E-state index contributed by atoms with van der Waals surface area (Å²) in [5, 5.41) is 3.13. The minimum Gasteiger partial charge on any atom is -0.496 e. The normalized spacial score (nSPS) is 14.5. The highest BCUT2D eigenvalue weighted by Gasteiger charge is 2.34. The average molecular weight is 441 g/mol. The molecule has 3 nitrogen and oxygen atoms in total. The summed E-state index contributed by atoms with van der Waals surface area (Å²) in [6.07, 6.45) is -2.87. The number of benzene rings is 2. The summed E-state index contributed by atoms with van der Waals surface area (Å²) in [5.41, 5.74) is 1.04. The third kappa shape index (κ3) is 4.64. The molecule has 0 bridgehead atoms. The summed E-state index contributed by atoms with van der Waals surface area (Å²) in [7, 11) is 1.56. The maximum Gasteiger partial charge on any atom is 0.416 e. The van der Waals surface area contributed by atoms with E-state index in [0.29, 0.717) is 36.7 Å². The van der Waals surface area contributed by atoms with Gasteiger partial charge in [0.15, 0.2) is 0 Å². The fourth-order valence-electron chi connectivity index (χ4n) is 3.26. The first kappa shape index (κ1) is 19.7. The Morgan fingerprint density at radius 2 is 2.00 bits per heavy atom. The number of halogens is 4. The van der Waals surface area contributed by atoms with Crippen LogP contribution in [0.5, 0.6) is 5.75 Å². The molecule has 3 rings (SSSR count). The fraction of sp³-hybridized carbons (Fsp3) is 0.350. The quantitative estimate of drug-likeness (QED) is 0.709. The molecule has 1 aliphatic heterocycles. The van der Waals surface area contributed by atoms with Gasteiger partial charge in [0.25, 0.3) is 0 Å². The number of aryl methyl sites for hydroxylation is 1.